The van der Waals surface area contributed by atoms with E-state index < -0.39 is 16.9 Å². The molecular weight excluding hydrogens is 384 g/mol. The molecule has 0 aliphatic carbocycles. The van der Waals surface area contributed by atoms with Crippen molar-refractivity contribution in [3.63, 3.8) is 0 Å². The summed E-state index contributed by atoms with van der Waals surface area (Å²) in [6.07, 6.45) is -1.22. The molecule has 0 saturated heterocycles. The van der Waals surface area contributed by atoms with Crippen molar-refractivity contribution in [3.8, 4) is 0 Å². The predicted molar refractivity (Wildman–Crippen MR) is 96.4 cm³/mol. The number of Topliss-reactive ketones (excluding diaryl/α,β-unsaturated/α-hetero) is 1. The van der Waals surface area contributed by atoms with E-state index in [1.54, 1.807) is 0 Å². The number of alkyl halides is 1. The summed E-state index contributed by atoms with van der Waals surface area (Å²) in [6.45, 7) is 11.7. The van der Waals surface area contributed by atoms with Gasteiger partial charge in [0.15, 0.2) is 5.78 Å². The van der Waals surface area contributed by atoms with Crippen molar-refractivity contribution in [2.24, 2.45) is 0 Å². The molecule has 0 saturated carbocycles. The van der Waals surface area contributed by atoms with E-state index in [0.29, 0.717) is 11.1 Å². The number of anilines is 1. The summed E-state index contributed by atoms with van der Waals surface area (Å²) in [5, 5.41) is 11.5. The van der Waals surface area contributed by atoms with E-state index in [-0.39, 0.29) is 22.1 Å². The normalized spacial score (nSPS) is 12.2. The first-order valence-electron chi connectivity index (χ1n) is 7.14. The van der Waals surface area contributed by atoms with Crippen LogP contribution in [-0.4, -0.2) is 27.3 Å². The van der Waals surface area contributed by atoms with Gasteiger partial charge in [-0.1, -0.05) is 69.1 Å². The van der Waals surface area contributed by atoms with Crippen LogP contribution in [0.4, 0.5) is 10.6 Å². The fourth-order valence-electron chi connectivity index (χ4n) is 2.55. The molecule has 5 nitrogen and oxygen atoms in total. The average Bonchev–Trinajstić information content (AvgIpc) is 2.33. The van der Waals surface area contributed by atoms with Gasteiger partial charge in [0.25, 0.3) is 0 Å². The van der Waals surface area contributed by atoms with E-state index in [1.807, 2.05) is 41.5 Å². The summed E-state index contributed by atoms with van der Waals surface area (Å²) in [4.78, 5) is 27.7. The Balaban J connectivity index is 3.98. The number of nitrogens with zero attached hydrogens (tertiary/aromatic N) is 1. The van der Waals surface area contributed by atoms with E-state index in [4.69, 9.17) is 16.7 Å². The Morgan fingerprint density at radius 3 is 1.96 bits per heavy atom. The fourth-order valence-corrected chi connectivity index (χ4v) is 3.11. The molecule has 1 amide bonds. The molecule has 1 aromatic rings. The van der Waals surface area contributed by atoms with Gasteiger partial charge >= 0.3 is 6.09 Å². The highest BCUT2D eigenvalue weighted by atomic mass is 79.9. The molecule has 128 valence electrons. The number of halogens is 2. The first-order chi connectivity index (χ1) is 10.3. The van der Waals surface area contributed by atoms with Crippen molar-refractivity contribution in [2.45, 2.75) is 52.4 Å². The van der Waals surface area contributed by atoms with Crippen LogP contribution in [0.5, 0.6) is 0 Å². The van der Waals surface area contributed by atoms with E-state index in [0.717, 1.165) is 5.56 Å². The maximum absolute atomic E-state index is 12.4. The maximum Gasteiger partial charge on any atom is 0.410 e. The summed E-state index contributed by atoms with van der Waals surface area (Å²) >= 11 is 9.41. The quantitative estimate of drug-likeness (QED) is 0.421. The Morgan fingerprint density at radius 2 is 1.61 bits per heavy atom. The van der Waals surface area contributed by atoms with Crippen LogP contribution in [0, 0.1) is 0 Å². The van der Waals surface area contributed by atoms with Crippen molar-refractivity contribution in [2.75, 3.05) is 10.6 Å². The average molecular weight is 406 g/mol. The first-order valence-corrected chi connectivity index (χ1v) is 8.64. The number of pyridine rings is 1. The minimum atomic E-state index is -1.22. The summed E-state index contributed by atoms with van der Waals surface area (Å²) in [7, 11) is 0. The van der Waals surface area contributed by atoms with Gasteiger partial charge in [0.1, 0.15) is 11.0 Å². The first kappa shape index (κ1) is 19.9. The third-order valence-corrected chi connectivity index (χ3v) is 4.06. The number of aromatic nitrogens is 1. The lowest BCUT2D eigenvalue weighted by Gasteiger charge is -2.33. The molecule has 0 aromatic carbocycles. The number of nitrogens with one attached hydrogen (secondary N) is 1. The monoisotopic (exact) mass is 404 g/mol. The Hall–Kier alpha value is -1.14. The fraction of sp³-hybridized carbons (Fsp3) is 0.562. The number of amides is 1. The predicted octanol–water partition coefficient (Wildman–Crippen LogP) is 5.00. The van der Waals surface area contributed by atoms with Crippen LogP contribution >= 0.6 is 27.5 Å². The van der Waals surface area contributed by atoms with E-state index in [9.17, 15) is 9.59 Å². The number of ketones is 1. The van der Waals surface area contributed by atoms with Crippen LogP contribution in [-0.2, 0) is 10.8 Å². The second-order valence-corrected chi connectivity index (χ2v) is 8.28. The standard InChI is InChI=1S/C16H22BrClN2O3/c1-15(2,3)10-9(8(21)7-17)12(18)19-13(20-14(22)23)11(10)16(4,5)6/h7H2,1-6H3,(H,19,20)(H,22,23). The molecule has 1 aromatic heterocycles. The van der Waals surface area contributed by atoms with Crippen LogP contribution in [0.2, 0.25) is 5.15 Å². The summed E-state index contributed by atoms with van der Waals surface area (Å²) in [5.41, 5.74) is 0.896. The van der Waals surface area contributed by atoms with Crippen molar-refractivity contribution < 1.29 is 14.7 Å². The van der Waals surface area contributed by atoms with E-state index in [2.05, 4.69) is 26.2 Å². The molecule has 7 heteroatoms. The van der Waals surface area contributed by atoms with Crippen molar-refractivity contribution in [1.82, 2.24) is 4.98 Å². The second kappa shape index (κ2) is 6.77. The van der Waals surface area contributed by atoms with Gasteiger partial charge < -0.3 is 5.11 Å². The van der Waals surface area contributed by atoms with Crippen molar-refractivity contribution in [3.05, 3.63) is 21.8 Å². The number of hydrogen-bond donors (Lipinski definition) is 2. The van der Waals surface area contributed by atoms with Gasteiger partial charge in [-0.3, -0.25) is 10.1 Å². The Bertz CT molecular complexity index is 646. The van der Waals surface area contributed by atoms with Crippen LogP contribution in [0.25, 0.3) is 0 Å². The SMILES string of the molecule is CC(C)(C)c1c(NC(=O)O)nc(Cl)c(C(=O)CBr)c1C(C)(C)C. The van der Waals surface area contributed by atoms with Crippen LogP contribution in [0.15, 0.2) is 0 Å². The Kier molecular flexibility index (Phi) is 5.86. The largest absolute Gasteiger partial charge is 0.465 e. The Labute approximate surface area is 150 Å². The van der Waals surface area contributed by atoms with Gasteiger partial charge in [0.2, 0.25) is 0 Å². The van der Waals surface area contributed by atoms with E-state index in [1.165, 1.54) is 0 Å². The molecule has 0 spiro atoms. The van der Waals surface area contributed by atoms with Gasteiger partial charge in [0, 0.05) is 5.56 Å². The minimum Gasteiger partial charge on any atom is -0.465 e. The van der Waals surface area contributed by atoms with Crippen LogP contribution < -0.4 is 5.32 Å². The molecule has 0 fully saturated rings. The smallest absolute Gasteiger partial charge is 0.410 e. The molecule has 2 N–H and O–H groups in total. The topological polar surface area (TPSA) is 79.3 Å². The van der Waals surface area contributed by atoms with Gasteiger partial charge in [-0.25, -0.2) is 9.78 Å². The number of rotatable bonds is 3. The molecule has 0 radical (unpaired) electrons. The highest BCUT2D eigenvalue weighted by Crippen LogP contribution is 2.42. The zero-order valence-corrected chi connectivity index (χ0v) is 16.5. The third kappa shape index (κ3) is 4.44. The van der Waals surface area contributed by atoms with Gasteiger partial charge in [-0.15, -0.1) is 0 Å². The van der Waals surface area contributed by atoms with Gasteiger partial charge in [-0.05, 0) is 16.4 Å². The second-order valence-electron chi connectivity index (χ2n) is 7.36. The lowest BCUT2D eigenvalue weighted by Crippen LogP contribution is -2.29. The third-order valence-electron chi connectivity index (χ3n) is 3.28. The lowest BCUT2D eigenvalue weighted by atomic mass is 9.73. The number of carbonyl (C=O) groups excluding carboxylic acids is 1. The van der Waals surface area contributed by atoms with Gasteiger partial charge in [0.05, 0.1) is 10.9 Å². The molecule has 0 aliphatic heterocycles. The lowest BCUT2D eigenvalue weighted by molar-refractivity contribution is 0.102. The maximum atomic E-state index is 12.4. The highest BCUT2D eigenvalue weighted by Gasteiger charge is 2.35. The van der Waals surface area contributed by atoms with Crippen LogP contribution in [0.1, 0.15) is 63.0 Å². The minimum absolute atomic E-state index is 0.0103. The molecule has 0 atom stereocenters. The van der Waals surface area contributed by atoms with Crippen molar-refractivity contribution >= 4 is 45.2 Å². The molecule has 23 heavy (non-hydrogen) atoms. The Morgan fingerprint density at radius 1 is 1.13 bits per heavy atom. The number of hydrogen-bond acceptors (Lipinski definition) is 3. The van der Waals surface area contributed by atoms with Crippen LogP contribution in [0.3, 0.4) is 0 Å². The van der Waals surface area contributed by atoms with Crippen molar-refractivity contribution in [1.29, 1.82) is 0 Å². The zero-order valence-electron chi connectivity index (χ0n) is 14.2. The molecule has 0 unspecified atom stereocenters. The summed E-state index contributed by atoms with van der Waals surface area (Å²) in [6, 6.07) is 0. The summed E-state index contributed by atoms with van der Waals surface area (Å²) < 4.78 is 0. The summed E-state index contributed by atoms with van der Waals surface area (Å²) in [5.74, 6) is -0.00847. The van der Waals surface area contributed by atoms with Gasteiger partial charge in [-0.2, -0.15) is 0 Å². The molecule has 1 rings (SSSR count). The molecule has 0 bridgehead atoms. The van der Waals surface area contributed by atoms with E-state index >= 15 is 0 Å². The molecule has 1 heterocycles. The highest BCUT2D eigenvalue weighted by molar-refractivity contribution is 9.09. The zero-order chi connectivity index (χ0) is 18.2. The number of carboxylic acid groups (broad SMARTS) is 1. The molecular formula is C16H22BrClN2O3. The number of carbonyl (C=O) groups is 2. The molecule has 0 aliphatic rings.